The Kier molecular flexibility index (Phi) is 9.26. The van der Waals surface area contributed by atoms with Gasteiger partial charge in [-0.3, -0.25) is 4.79 Å². The number of rotatable bonds is 2. The van der Waals surface area contributed by atoms with Crippen LogP contribution in [0.3, 0.4) is 0 Å². The van der Waals surface area contributed by atoms with E-state index < -0.39 is 5.97 Å². The van der Waals surface area contributed by atoms with E-state index in [2.05, 4.69) is 34.5 Å². The fraction of sp³-hybridized carbons (Fsp3) is 0.263. The molecule has 0 bridgehead atoms. The van der Waals surface area contributed by atoms with Crippen molar-refractivity contribution in [1.82, 2.24) is 9.80 Å². The first-order chi connectivity index (χ1) is 13.2. The van der Waals surface area contributed by atoms with Gasteiger partial charge in [-0.25, -0.2) is 4.79 Å². The van der Waals surface area contributed by atoms with Gasteiger partial charge >= 0.3 is 5.97 Å². The maximum atomic E-state index is 12.3. The molecule has 0 radical (unpaired) electrons. The summed E-state index contributed by atoms with van der Waals surface area (Å²) >= 11 is 15.6. The van der Waals surface area contributed by atoms with Crippen molar-refractivity contribution >= 4 is 80.3 Å². The van der Waals surface area contributed by atoms with Gasteiger partial charge in [-0.05, 0) is 88.6 Å². The molecule has 0 unspecified atom stereocenters. The molecule has 0 aromatic heterocycles. The van der Waals surface area contributed by atoms with Gasteiger partial charge in [-0.15, -0.1) is 0 Å². The molecule has 1 N–H and O–H groups in total. The minimum Gasteiger partial charge on any atom is -0.478 e. The lowest BCUT2D eigenvalue weighted by atomic mass is 10.2. The van der Waals surface area contributed by atoms with E-state index in [0.29, 0.717) is 13.6 Å². The Morgan fingerprint density at radius 3 is 1.79 bits per heavy atom. The van der Waals surface area contributed by atoms with Crippen LogP contribution < -0.4 is 0 Å². The molecule has 2 aromatic carbocycles. The number of carboxylic acids is 1. The lowest BCUT2D eigenvalue weighted by Crippen LogP contribution is -2.47. The minimum atomic E-state index is -0.925. The maximum Gasteiger partial charge on any atom is 0.336 e. The quantitative estimate of drug-likeness (QED) is 0.468. The first kappa shape index (κ1) is 23.7. The first-order valence-electron chi connectivity index (χ1n) is 8.30. The SMILES string of the molecule is CN1CCN(C(=O)c2ccc(Cl)cc2I)CC1.O=C(O)c1ccc(Cl)cc1I. The van der Waals surface area contributed by atoms with E-state index in [-0.39, 0.29) is 11.5 Å². The third-order valence-electron chi connectivity index (χ3n) is 4.11. The number of carbonyl (C=O) groups is 2. The molecule has 2 aromatic rings. The summed E-state index contributed by atoms with van der Waals surface area (Å²) in [7, 11) is 2.08. The number of carbonyl (C=O) groups excluding carboxylic acids is 1. The number of aromatic carboxylic acids is 1. The van der Waals surface area contributed by atoms with E-state index in [0.717, 1.165) is 35.3 Å². The van der Waals surface area contributed by atoms with Crippen LogP contribution in [0.4, 0.5) is 0 Å². The van der Waals surface area contributed by atoms with Crippen molar-refractivity contribution in [1.29, 1.82) is 0 Å². The summed E-state index contributed by atoms with van der Waals surface area (Å²) in [6, 6.07) is 10.1. The fourth-order valence-corrected chi connectivity index (χ4v) is 4.71. The average Bonchev–Trinajstić information content (AvgIpc) is 2.62. The van der Waals surface area contributed by atoms with Crippen molar-refractivity contribution in [2.45, 2.75) is 0 Å². The highest BCUT2D eigenvalue weighted by Crippen LogP contribution is 2.20. The number of carboxylic acid groups (broad SMARTS) is 1. The molecule has 1 aliphatic rings. The molecule has 0 atom stereocenters. The Balaban J connectivity index is 0.000000221. The molecule has 0 saturated carbocycles. The Morgan fingerprint density at radius 2 is 1.36 bits per heavy atom. The van der Waals surface area contributed by atoms with Gasteiger partial charge in [0, 0.05) is 43.4 Å². The van der Waals surface area contributed by atoms with Crippen LogP contribution in [0.5, 0.6) is 0 Å². The molecular formula is C19H18Cl2I2N2O3. The van der Waals surface area contributed by atoms with Gasteiger partial charge in [0.05, 0.1) is 11.1 Å². The van der Waals surface area contributed by atoms with Gasteiger partial charge in [-0.1, -0.05) is 23.2 Å². The van der Waals surface area contributed by atoms with Crippen LogP contribution >= 0.6 is 68.4 Å². The number of halogens is 4. The average molecular weight is 647 g/mol. The number of amides is 1. The molecule has 1 amide bonds. The van der Waals surface area contributed by atoms with Gasteiger partial charge in [0.15, 0.2) is 0 Å². The van der Waals surface area contributed by atoms with E-state index in [1.807, 2.05) is 39.6 Å². The molecule has 0 aliphatic carbocycles. The lowest BCUT2D eigenvalue weighted by Gasteiger charge is -2.32. The zero-order valence-electron chi connectivity index (χ0n) is 15.0. The van der Waals surface area contributed by atoms with Gasteiger partial charge in [0.2, 0.25) is 0 Å². The zero-order valence-corrected chi connectivity index (χ0v) is 20.8. The molecule has 3 rings (SSSR count). The lowest BCUT2D eigenvalue weighted by molar-refractivity contribution is 0.0661. The summed E-state index contributed by atoms with van der Waals surface area (Å²) in [5.41, 5.74) is 1.04. The summed E-state index contributed by atoms with van der Waals surface area (Å²) in [4.78, 5) is 26.9. The molecule has 9 heteroatoms. The highest BCUT2D eigenvalue weighted by atomic mass is 127. The third kappa shape index (κ3) is 6.72. The van der Waals surface area contributed by atoms with E-state index in [1.54, 1.807) is 18.2 Å². The monoisotopic (exact) mass is 646 g/mol. The first-order valence-corrected chi connectivity index (χ1v) is 11.2. The van der Waals surface area contributed by atoms with Crippen LogP contribution in [0.2, 0.25) is 10.0 Å². The summed E-state index contributed by atoms with van der Waals surface area (Å²) in [5, 5.41) is 9.83. The molecule has 0 spiro atoms. The molecular weight excluding hydrogens is 629 g/mol. The molecule has 1 aliphatic heterocycles. The smallest absolute Gasteiger partial charge is 0.336 e. The van der Waals surface area contributed by atoms with E-state index in [1.165, 1.54) is 6.07 Å². The highest BCUT2D eigenvalue weighted by molar-refractivity contribution is 14.1. The van der Waals surface area contributed by atoms with Crippen LogP contribution in [0, 0.1) is 7.14 Å². The normalized spacial score (nSPS) is 14.2. The number of benzene rings is 2. The molecule has 1 saturated heterocycles. The van der Waals surface area contributed by atoms with Crippen molar-refractivity contribution in [3.63, 3.8) is 0 Å². The van der Waals surface area contributed by atoms with Crippen molar-refractivity contribution in [2.75, 3.05) is 33.2 Å². The molecule has 1 heterocycles. The second kappa shape index (κ2) is 11.0. The third-order valence-corrected chi connectivity index (χ3v) is 6.37. The Hall–Kier alpha value is -0.620. The Labute approximate surface area is 201 Å². The predicted octanol–water partition coefficient (Wildman–Crippen LogP) is 4.98. The van der Waals surface area contributed by atoms with E-state index in [9.17, 15) is 9.59 Å². The second-order valence-corrected chi connectivity index (χ2v) is 9.35. The van der Waals surface area contributed by atoms with E-state index in [4.69, 9.17) is 28.3 Å². The fourth-order valence-electron chi connectivity index (χ4n) is 2.51. The largest absolute Gasteiger partial charge is 0.478 e. The standard InChI is InChI=1S/C12H14ClIN2O.C7H4ClIO2/c1-15-4-6-16(7-5-15)12(17)10-3-2-9(13)8-11(10)14;8-4-1-2-5(7(10)11)6(9)3-4/h2-3,8H,4-7H2,1H3;1-3H,(H,10,11). The van der Waals surface area contributed by atoms with Gasteiger partial charge in [0.25, 0.3) is 5.91 Å². The van der Waals surface area contributed by atoms with Crippen molar-refractivity contribution < 1.29 is 14.7 Å². The second-order valence-electron chi connectivity index (χ2n) is 6.15. The summed E-state index contributed by atoms with van der Waals surface area (Å²) in [6.45, 7) is 3.48. The van der Waals surface area contributed by atoms with Gasteiger partial charge in [0.1, 0.15) is 0 Å². The zero-order chi connectivity index (χ0) is 20.8. The topological polar surface area (TPSA) is 60.9 Å². The number of nitrogens with zero attached hydrogens (tertiary/aromatic N) is 2. The predicted molar refractivity (Wildman–Crippen MR) is 129 cm³/mol. The summed E-state index contributed by atoms with van der Waals surface area (Å²) in [5.74, 6) is -0.815. The molecule has 5 nitrogen and oxygen atoms in total. The Morgan fingerprint density at radius 1 is 0.893 bits per heavy atom. The van der Waals surface area contributed by atoms with Crippen LogP contribution in [-0.2, 0) is 0 Å². The number of hydrogen-bond acceptors (Lipinski definition) is 3. The number of hydrogen-bond donors (Lipinski definition) is 1. The van der Waals surface area contributed by atoms with E-state index >= 15 is 0 Å². The van der Waals surface area contributed by atoms with Crippen LogP contribution in [0.15, 0.2) is 36.4 Å². The number of likely N-dealkylation sites (N-methyl/N-ethyl adjacent to an activating group) is 1. The van der Waals surface area contributed by atoms with Gasteiger partial charge in [-0.2, -0.15) is 0 Å². The summed E-state index contributed by atoms with van der Waals surface area (Å²) < 4.78 is 1.57. The van der Waals surface area contributed by atoms with Crippen LogP contribution in [0.25, 0.3) is 0 Å². The van der Waals surface area contributed by atoms with Crippen molar-refractivity contribution in [3.8, 4) is 0 Å². The van der Waals surface area contributed by atoms with Crippen molar-refractivity contribution in [3.05, 3.63) is 64.7 Å². The van der Waals surface area contributed by atoms with Crippen LogP contribution in [-0.4, -0.2) is 60.0 Å². The summed E-state index contributed by atoms with van der Waals surface area (Å²) in [6.07, 6.45) is 0. The minimum absolute atomic E-state index is 0.110. The Bertz CT molecular complexity index is 872. The molecule has 1 fully saturated rings. The van der Waals surface area contributed by atoms with Crippen LogP contribution in [0.1, 0.15) is 20.7 Å². The molecule has 28 heavy (non-hydrogen) atoms. The number of piperazine rings is 1. The maximum absolute atomic E-state index is 12.3. The van der Waals surface area contributed by atoms with Gasteiger partial charge < -0.3 is 14.9 Å². The van der Waals surface area contributed by atoms with Crippen molar-refractivity contribution in [2.24, 2.45) is 0 Å². The molecule has 150 valence electrons. The highest BCUT2D eigenvalue weighted by Gasteiger charge is 2.21.